The first-order valence-electron chi connectivity index (χ1n) is 8.75. The minimum atomic E-state index is -4.45. The van der Waals surface area contributed by atoms with Gasteiger partial charge in [0.25, 0.3) is 0 Å². The number of pyridine rings is 1. The molecule has 0 atom stereocenters. The number of rotatable bonds is 6. The predicted octanol–water partition coefficient (Wildman–Crippen LogP) is 5.92. The molecule has 1 N–H and O–H groups in total. The van der Waals surface area contributed by atoms with Gasteiger partial charge in [0, 0.05) is 23.4 Å². The van der Waals surface area contributed by atoms with Crippen molar-refractivity contribution in [2.24, 2.45) is 0 Å². The molecule has 0 amide bonds. The van der Waals surface area contributed by atoms with Crippen LogP contribution in [0.5, 0.6) is 5.75 Å². The molecular formula is C21H17BrF3NO3. The van der Waals surface area contributed by atoms with E-state index in [4.69, 9.17) is 9.84 Å². The zero-order chi connectivity index (χ0) is 21.2. The molecule has 0 bridgehead atoms. The highest BCUT2D eigenvalue weighted by atomic mass is 79.9. The van der Waals surface area contributed by atoms with Crippen LogP contribution >= 0.6 is 15.9 Å². The van der Waals surface area contributed by atoms with Gasteiger partial charge in [0.1, 0.15) is 17.0 Å². The third kappa shape index (κ3) is 4.87. The Morgan fingerprint density at radius 3 is 2.62 bits per heavy atom. The number of alkyl halides is 3. The Kier molecular flexibility index (Phi) is 6.12. The standard InChI is InChI=1S/C21H17BrF3NO3/c1-12-15-7-6-14(10-18(15)26-20(22)16(12)8-9-19(27)28)29-11-13-4-2-3-5-17(13)21(23,24)25/h2-7,10H,8-9,11H2,1H3,(H,27,28). The summed E-state index contributed by atoms with van der Waals surface area (Å²) >= 11 is 3.38. The third-order valence-corrected chi connectivity index (χ3v) is 5.26. The summed E-state index contributed by atoms with van der Waals surface area (Å²) in [6, 6.07) is 10.4. The van der Waals surface area contributed by atoms with Gasteiger partial charge < -0.3 is 9.84 Å². The molecule has 0 saturated carbocycles. The lowest BCUT2D eigenvalue weighted by Gasteiger charge is -2.15. The summed E-state index contributed by atoms with van der Waals surface area (Å²) in [4.78, 5) is 15.3. The van der Waals surface area contributed by atoms with Crippen molar-refractivity contribution in [1.82, 2.24) is 4.98 Å². The topological polar surface area (TPSA) is 59.4 Å². The van der Waals surface area contributed by atoms with Crippen LogP contribution in [0.15, 0.2) is 47.1 Å². The summed E-state index contributed by atoms with van der Waals surface area (Å²) in [5.74, 6) is -0.495. The van der Waals surface area contributed by atoms with Crippen molar-refractivity contribution in [2.45, 2.75) is 32.5 Å². The van der Waals surface area contributed by atoms with Gasteiger partial charge in [-0.2, -0.15) is 13.2 Å². The van der Waals surface area contributed by atoms with Crippen LogP contribution in [0.25, 0.3) is 10.9 Å². The second-order valence-corrected chi connectivity index (χ2v) is 7.27. The Balaban J connectivity index is 1.86. The lowest BCUT2D eigenvalue weighted by Crippen LogP contribution is -2.10. The van der Waals surface area contributed by atoms with Gasteiger partial charge in [0.15, 0.2) is 0 Å². The van der Waals surface area contributed by atoms with E-state index in [1.165, 1.54) is 18.2 Å². The van der Waals surface area contributed by atoms with Gasteiger partial charge in [-0.3, -0.25) is 4.79 Å². The maximum absolute atomic E-state index is 13.1. The van der Waals surface area contributed by atoms with Crippen LogP contribution in [-0.4, -0.2) is 16.1 Å². The zero-order valence-electron chi connectivity index (χ0n) is 15.4. The quantitative estimate of drug-likeness (QED) is 0.457. The predicted molar refractivity (Wildman–Crippen MR) is 106 cm³/mol. The molecule has 0 aliphatic rings. The summed E-state index contributed by atoms with van der Waals surface area (Å²) in [6.07, 6.45) is -4.11. The number of halogens is 4. The van der Waals surface area contributed by atoms with Crippen LogP contribution in [0.4, 0.5) is 13.2 Å². The molecular weight excluding hydrogens is 451 g/mol. The van der Waals surface area contributed by atoms with Crippen molar-refractivity contribution in [3.05, 3.63) is 69.3 Å². The van der Waals surface area contributed by atoms with Crippen LogP contribution in [-0.2, 0) is 24.0 Å². The highest BCUT2D eigenvalue weighted by Gasteiger charge is 2.33. The normalized spacial score (nSPS) is 11.6. The average Bonchev–Trinajstić information content (AvgIpc) is 2.65. The summed E-state index contributed by atoms with van der Waals surface area (Å²) in [7, 11) is 0. The van der Waals surface area contributed by atoms with Gasteiger partial charge in [0.2, 0.25) is 0 Å². The number of aliphatic carboxylic acids is 1. The summed E-state index contributed by atoms with van der Waals surface area (Å²) < 4.78 is 45.5. The largest absolute Gasteiger partial charge is 0.489 e. The molecule has 0 radical (unpaired) electrons. The lowest BCUT2D eigenvalue weighted by molar-refractivity contribution is -0.139. The van der Waals surface area contributed by atoms with E-state index < -0.39 is 17.7 Å². The monoisotopic (exact) mass is 467 g/mol. The maximum Gasteiger partial charge on any atom is 0.416 e. The van der Waals surface area contributed by atoms with E-state index in [9.17, 15) is 18.0 Å². The second-order valence-electron chi connectivity index (χ2n) is 6.52. The molecule has 1 aromatic heterocycles. The Labute approximate surface area is 173 Å². The van der Waals surface area contributed by atoms with Gasteiger partial charge in [-0.05, 0) is 58.6 Å². The van der Waals surface area contributed by atoms with Crippen molar-refractivity contribution in [3.8, 4) is 5.75 Å². The number of benzene rings is 2. The average molecular weight is 468 g/mol. The fourth-order valence-corrected chi connectivity index (χ4v) is 3.79. The fraction of sp³-hybridized carbons (Fsp3) is 0.238. The fourth-order valence-electron chi connectivity index (χ4n) is 3.11. The van der Waals surface area contributed by atoms with Crippen LogP contribution < -0.4 is 4.74 Å². The highest BCUT2D eigenvalue weighted by molar-refractivity contribution is 9.10. The summed E-state index contributed by atoms with van der Waals surface area (Å²) in [5, 5.41) is 9.74. The lowest BCUT2D eigenvalue weighted by atomic mass is 10.0. The van der Waals surface area contributed by atoms with Gasteiger partial charge >= 0.3 is 12.1 Å². The molecule has 0 fully saturated rings. The van der Waals surface area contributed by atoms with Crippen molar-refractivity contribution in [3.63, 3.8) is 0 Å². The molecule has 4 nitrogen and oxygen atoms in total. The number of aryl methyl sites for hydroxylation is 1. The molecule has 2 aromatic carbocycles. The number of nitrogens with zero attached hydrogens (tertiary/aromatic N) is 1. The number of fused-ring (bicyclic) bond motifs is 1. The first-order chi connectivity index (χ1) is 13.7. The smallest absolute Gasteiger partial charge is 0.416 e. The first-order valence-corrected chi connectivity index (χ1v) is 9.54. The third-order valence-electron chi connectivity index (χ3n) is 4.60. The highest BCUT2D eigenvalue weighted by Crippen LogP contribution is 2.33. The van der Waals surface area contributed by atoms with E-state index in [-0.39, 0.29) is 18.6 Å². The Morgan fingerprint density at radius 1 is 1.21 bits per heavy atom. The van der Waals surface area contributed by atoms with E-state index >= 15 is 0 Å². The number of hydrogen-bond donors (Lipinski definition) is 1. The minimum absolute atomic E-state index is 0.00750. The van der Waals surface area contributed by atoms with Crippen LogP contribution in [0.2, 0.25) is 0 Å². The van der Waals surface area contributed by atoms with Gasteiger partial charge in [-0.25, -0.2) is 4.98 Å². The molecule has 0 spiro atoms. The summed E-state index contributed by atoms with van der Waals surface area (Å²) in [5.41, 5.74) is 1.65. The van der Waals surface area contributed by atoms with Crippen molar-refractivity contribution >= 4 is 32.8 Å². The Bertz CT molecular complexity index is 1070. The van der Waals surface area contributed by atoms with Crippen LogP contribution in [0.1, 0.15) is 28.7 Å². The summed E-state index contributed by atoms with van der Waals surface area (Å²) in [6.45, 7) is 1.66. The zero-order valence-corrected chi connectivity index (χ0v) is 17.0. The van der Waals surface area contributed by atoms with E-state index in [1.807, 2.05) is 6.92 Å². The molecule has 1 heterocycles. The first kappa shape index (κ1) is 21.1. The van der Waals surface area contributed by atoms with Crippen molar-refractivity contribution in [1.29, 1.82) is 0 Å². The molecule has 0 unspecified atom stereocenters. The molecule has 0 saturated heterocycles. The van der Waals surface area contributed by atoms with Crippen LogP contribution in [0, 0.1) is 6.92 Å². The number of carbonyl (C=O) groups is 1. The van der Waals surface area contributed by atoms with Gasteiger partial charge in [0.05, 0.1) is 11.1 Å². The second kappa shape index (κ2) is 8.41. The number of carboxylic acid groups (broad SMARTS) is 1. The van der Waals surface area contributed by atoms with Crippen LogP contribution in [0.3, 0.4) is 0 Å². The molecule has 0 aliphatic carbocycles. The number of aromatic nitrogens is 1. The Hall–Kier alpha value is -2.61. The van der Waals surface area contributed by atoms with E-state index in [2.05, 4.69) is 20.9 Å². The molecule has 3 aromatic rings. The van der Waals surface area contributed by atoms with Gasteiger partial charge in [-0.15, -0.1) is 0 Å². The number of hydrogen-bond acceptors (Lipinski definition) is 3. The van der Waals surface area contributed by atoms with Crippen molar-refractivity contribution < 1.29 is 27.8 Å². The van der Waals surface area contributed by atoms with E-state index in [0.29, 0.717) is 22.3 Å². The SMILES string of the molecule is Cc1c(CCC(=O)O)c(Br)nc2cc(OCc3ccccc3C(F)(F)F)ccc12. The van der Waals surface area contributed by atoms with E-state index in [0.717, 1.165) is 22.6 Å². The number of ether oxygens (including phenoxy) is 1. The Morgan fingerprint density at radius 2 is 1.93 bits per heavy atom. The number of carboxylic acids is 1. The molecule has 0 aliphatic heterocycles. The molecule has 8 heteroatoms. The minimum Gasteiger partial charge on any atom is -0.489 e. The molecule has 29 heavy (non-hydrogen) atoms. The van der Waals surface area contributed by atoms with Gasteiger partial charge in [-0.1, -0.05) is 18.2 Å². The maximum atomic E-state index is 13.1. The van der Waals surface area contributed by atoms with E-state index in [1.54, 1.807) is 18.2 Å². The molecule has 3 rings (SSSR count). The molecule has 152 valence electrons. The van der Waals surface area contributed by atoms with Crippen molar-refractivity contribution in [2.75, 3.05) is 0 Å².